The third-order valence-electron chi connectivity index (χ3n) is 6.12. The highest BCUT2D eigenvalue weighted by Crippen LogP contribution is 2.29. The lowest BCUT2D eigenvalue weighted by Gasteiger charge is -2.32. The molecule has 2 aliphatic heterocycles. The van der Waals surface area contributed by atoms with Gasteiger partial charge in [0, 0.05) is 43.6 Å². The van der Waals surface area contributed by atoms with Crippen molar-refractivity contribution in [2.24, 2.45) is 0 Å². The van der Waals surface area contributed by atoms with E-state index in [0.29, 0.717) is 5.92 Å². The number of nitrogens with zero attached hydrogens (tertiary/aromatic N) is 5. The van der Waals surface area contributed by atoms with Gasteiger partial charge in [-0.2, -0.15) is 0 Å². The van der Waals surface area contributed by atoms with Gasteiger partial charge >= 0.3 is 0 Å². The van der Waals surface area contributed by atoms with Crippen LogP contribution in [0, 0.1) is 0 Å². The van der Waals surface area contributed by atoms with Crippen LogP contribution in [0.1, 0.15) is 55.2 Å². The molecule has 0 aliphatic carbocycles. The smallest absolute Gasteiger partial charge is 0.137 e. The Morgan fingerprint density at radius 3 is 2.93 bits per heavy atom. The minimum absolute atomic E-state index is 0.501. The number of piperidine rings is 1. The normalized spacial score (nSPS) is 21.1. The van der Waals surface area contributed by atoms with Gasteiger partial charge in [-0.25, -0.2) is 0 Å². The van der Waals surface area contributed by atoms with Crippen molar-refractivity contribution in [2.75, 3.05) is 13.1 Å². The third kappa shape index (κ3) is 3.36. The van der Waals surface area contributed by atoms with Gasteiger partial charge in [-0.05, 0) is 43.9 Å². The van der Waals surface area contributed by atoms with Crippen LogP contribution in [-0.2, 0) is 19.5 Å². The molecule has 1 unspecified atom stereocenters. The van der Waals surface area contributed by atoms with Gasteiger partial charge < -0.3 is 4.57 Å². The number of hydrogen-bond acceptors (Lipinski definition) is 4. The standard InChI is InChI=1S/C22H27N5/c1-2-11-20-24-25-22(27(20)14-3-1)19-10-6-13-26(16-19)15-18-8-4-7-17-9-5-12-23-21(17)18/h4-5,7-9,12,19H,1-3,6,10-11,13-16H2. The van der Waals surface area contributed by atoms with Crippen molar-refractivity contribution >= 4 is 10.9 Å². The van der Waals surface area contributed by atoms with Crippen LogP contribution in [-0.4, -0.2) is 37.7 Å². The molecule has 5 nitrogen and oxygen atoms in total. The van der Waals surface area contributed by atoms with Gasteiger partial charge in [0.05, 0.1) is 5.52 Å². The molecule has 27 heavy (non-hydrogen) atoms. The zero-order valence-electron chi connectivity index (χ0n) is 15.8. The van der Waals surface area contributed by atoms with E-state index in [0.717, 1.165) is 38.1 Å². The Morgan fingerprint density at radius 1 is 0.963 bits per heavy atom. The number of rotatable bonds is 3. The summed E-state index contributed by atoms with van der Waals surface area (Å²) in [5.74, 6) is 2.94. The number of likely N-dealkylation sites (tertiary alicyclic amines) is 1. The maximum absolute atomic E-state index is 4.63. The molecule has 0 radical (unpaired) electrons. The van der Waals surface area contributed by atoms with Crippen molar-refractivity contribution in [3.8, 4) is 0 Å². The van der Waals surface area contributed by atoms with Gasteiger partial charge in [0.2, 0.25) is 0 Å². The number of pyridine rings is 1. The van der Waals surface area contributed by atoms with E-state index in [1.165, 1.54) is 54.7 Å². The van der Waals surface area contributed by atoms with Crippen molar-refractivity contribution in [3.63, 3.8) is 0 Å². The Morgan fingerprint density at radius 2 is 1.93 bits per heavy atom. The summed E-state index contributed by atoms with van der Waals surface area (Å²) in [6.07, 6.45) is 9.27. The fourth-order valence-electron chi connectivity index (χ4n) is 4.76. The molecule has 4 heterocycles. The molecule has 1 aromatic carbocycles. The van der Waals surface area contributed by atoms with Gasteiger partial charge in [0.25, 0.3) is 0 Å². The summed E-state index contributed by atoms with van der Waals surface area (Å²) in [5.41, 5.74) is 2.47. The van der Waals surface area contributed by atoms with E-state index in [1.807, 2.05) is 12.3 Å². The van der Waals surface area contributed by atoms with Crippen LogP contribution in [0.2, 0.25) is 0 Å². The van der Waals surface area contributed by atoms with E-state index < -0.39 is 0 Å². The number of benzene rings is 1. The number of aryl methyl sites for hydroxylation is 1. The molecule has 2 aromatic heterocycles. The minimum Gasteiger partial charge on any atom is -0.315 e. The van der Waals surface area contributed by atoms with E-state index in [9.17, 15) is 0 Å². The highest BCUT2D eigenvalue weighted by Gasteiger charge is 2.27. The largest absolute Gasteiger partial charge is 0.315 e. The number of hydrogen-bond donors (Lipinski definition) is 0. The molecule has 3 aromatic rings. The predicted octanol–water partition coefficient (Wildman–Crippen LogP) is 3.93. The van der Waals surface area contributed by atoms with Crippen LogP contribution < -0.4 is 0 Å². The molecule has 5 rings (SSSR count). The predicted molar refractivity (Wildman–Crippen MR) is 107 cm³/mol. The average molecular weight is 361 g/mol. The minimum atomic E-state index is 0.501. The molecule has 5 heteroatoms. The fourth-order valence-corrected chi connectivity index (χ4v) is 4.76. The highest BCUT2D eigenvalue weighted by atomic mass is 15.3. The van der Waals surface area contributed by atoms with Gasteiger partial charge in [-0.1, -0.05) is 30.7 Å². The van der Waals surface area contributed by atoms with E-state index in [1.54, 1.807) is 0 Å². The molecule has 0 spiro atoms. The lowest BCUT2D eigenvalue weighted by molar-refractivity contribution is 0.195. The van der Waals surface area contributed by atoms with Crippen LogP contribution in [0.25, 0.3) is 10.9 Å². The van der Waals surface area contributed by atoms with Crippen LogP contribution in [0.3, 0.4) is 0 Å². The molecular weight excluding hydrogens is 334 g/mol. The Bertz CT molecular complexity index is 926. The molecule has 1 saturated heterocycles. The maximum atomic E-state index is 4.63. The Labute approximate surface area is 160 Å². The zero-order valence-corrected chi connectivity index (χ0v) is 15.8. The fraction of sp³-hybridized carbons (Fsp3) is 0.500. The summed E-state index contributed by atoms with van der Waals surface area (Å²) in [6, 6.07) is 10.7. The Kier molecular flexibility index (Phi) is 4.62. The summed E-state index contributed by atoms with van der Waals surface area (Å²) < 4.78 is 2.43. The summed E-state index contributed by atoms with van der Waals surface area (Å²) in [4.78, 5) is 7.21. The molecular formula is C22H27N5. The van der Waals surface area contributed by atoms with Gasteiger partial charge in [0.15, 0.2) is 0 Å². The third-order valence-corrected chi connectivity index (χ3v) is 6.12. The van der Waals surface area contributed by atoms with Crippen molar-refractivity contribution in [3.05, 3.63) is 53.7 Å². The summed E-state index contributed by atoms with van der Waals surface area (Å²) in [5, 5.41) is 10.4. The average Bonchev–Trinajstić information content (AvgIpc) is 2.97. The second-order valence-electron chi connectivity index (χ2n) is 8.00. The summed E-state index contributed by atoms with van der Waals surface area (Å²) in [6.45, 7) is 4.29. The Balaban J connectivity index is 1.36. The first kappa shape index (κ1) is 16.9. The molecule has 0 N–H and O–H groups in total. The quantitative estimate of drug-likeness (QED) is 0.709. The van der Waals surface area contributed by atoms with Crippen molar-refractivity contribution in [2.45, 2.75) is 57.5 Å². The highest BCUT2D eigenvalue weighted by molar-refractivity contribution is 5.81. The molecule has 0 saturated carbocycles. The first-order valence-corrected chi connectivity index (χ1v) is 10.4. The van der Waals surface area contributed by atoms with Crippen LogP contribution in [0.4, 0.5) is 0 Å². The Hall–Kier alpha value is -2.27. The SMILES string of the molecule is c1cnc2c(CN3CCCC(c4nnc5n4CCCCC5)C3)cccc2c1. The van der Waals surface area contributed by atoms with E-state index in [-0.39, 0.29) is 0 Å². The molecule has 0 bridgehead atoms. The van der Waals surface area contributed by atoms with E-state index in [2.05, 4.69) is 48.9 Å². The van der Waals surface area contributed by atoms with Crippen molar-refractivity contribution in [1.29, 1.82) is 0 Å². The summed E-state index contributed by atoms with van der Waals surface area (Å²) in [7, 11) is 0. The molecule has 140 valence electrons. The van der Waals surface area contributed by atoms with Crippen molar-refractivity contribution in [1.82, 2.24) is 24.6 Å². The molecule has 1 fully saturated rings. The maximum Gasteiger partial charge on any atom is 0.137 e. The first-order chi connectivity index (χ1) is 13.4. The lowest BCUT2D eigenvalue weighted by atomic mass is 9.96. The van der Waals surface area contributed by atoms with Crippen LogP contribution >= 0.6 is 0 Å². The lowest BCUT2D eigenvalue weighted by Crippen LogP contribution is -2.35. The second-order valence-corrected chi connectivity index (χ2v) is 8.00. The topological polar surface area (TPSA) is 46.8 Å². The van der Waals surface area contributed by atoms with E-state index >= 15 is 0 Å². The zero-order chi connectivity index (χ0) is 18.1. The van der Waals surface area contributed by atoms with Crippen molar-refractivity contribution < 1.29 is 0 Å². The number of aromatic nitrogens is 4. The molecule has 2 aliphatic rings. The first-order valence-electron chi connectivity index (χ1n) is 10.4. The monoisotopic (exact) mass is 361 g/mol. The van der Waals surface area contributed by atoms with Gasteiger partial charge in [0.1, 0.15) is 11.6 Å². The summed E-state index contributed by atoms with van der Waals surface area (Å²) >= 11 is 0. The number of para-hydroxylation sites is 1. The molecule has 1 atom stereocenters. The van der Waals surface area contributed by atoms with Crippen LogP contribution in [0.5, 0.6) is 0 Å². The molecule has 0 amide bonds. The second kappa shape index (κ2) is 7.39. The van der Waals surface area contributed by atoms with Gasteiger partial charge in [-0.3, -0.25) is 9.88 Å². The van der Waals surface area contributed by atoms with E-state index in [4.69, 9.17) is 0 Å². The van der Waals surface area contributed by atoms with Gasteiger partial charge in [-0.15, -0.1) is 10.2 Å². The number of fused-ring (bicyclic) bond motifs is 2. The van der Waals surface area contributed by atoms with Crippen LogP contribution in [0.15, 0.2) is 36.5 Å².